The monoisotopic (exact) mass is 395 g/mol. The second-order valence-electron chi connectivity index (χ2n) is 6.44. The quantitative estimate of drug-likeness (QED) is 0.542. The second-order valence-corrected chi connectivity index (χ2v) is 6.44. The van der Waals surface area contributed by atoms with Crippen LogP contribution in [0.25, 0.3) is 16.7 Å². The lowest BCUT2D eigenvalue weighted by atomic mass is 10.2. The number of fused-ring (bicyclic) bond motifs is 3. The van der Waals surface area contributed by atoms with Crippen molar-refractivity contribution >= 4 is 28.4 Å². The summed E-state index contributed by atoms with van der Waals surface area (Å²) in [5.74, 6) is 0.296. The molecule has 0 aliphatic carbocycles. The van der Waals surface area contributed by atoms with Gasteiger partial charge in [-0.1, -0.05) is 0 Å². The lowest BCUT2D eigenvalue weighted by molar-refractivity contribution is -0.116. The van der Waals surface area contributed by atoms with Crippen LogP contribution in [0.15, 0.2) is 53.7 Å². The highest BCUT2D eigenvalue weighted by Gasteiger charge is 2.13. The molecule has 29 heavy (non-hydrogen) atoms. The number of aromatic nitrogens is 4. The van der Waals surface area contributed by atoms with Crippen molar-refractivity contribution < 1.29 is 13.9 Å². The molecule has 9 heteroatoms. The number of amides is 1. The molecule has 0 aliphatic rings. The number of nitrogens with one attached hydrogen (secondary N) is 1. The van der Waals surface area contributed by atoms with Crippen LogP contribution in [-0.4, -0.2) is 32.0 Å². The van der Waals surface area contributed by atoms with E-state index in [1.165, 1.54) is 36.2 Å². The molecule has 8 nitrogen and oxygen atoms in total. The first-order valence-electron chi connectivity index (χ1n) is 9.02. The summed E-state index contributed by atoms with van der Waals surface area (Å²) in [6.07, 6.45) is 5.28. The summed E-state index contributed by atoms with van der Waals surface area (Å²) in [6, 6.07) is 7.56. The predicted octanol–water partition coefficient (Wildman–Crippen LogP) is 2.61. The number of pyridine rings is 1. The molecule has 0 atom stereocenters. The van der Waals surface area contributed by atoms with Crippen LogP contribution < -0.4 is 15.6 Å². The first-order valence-corrected chi connectivity index (χ1v) is 9.02. The summed E-state index contributed by atoms with van der Waals surface area (Å²) >= 11 is 0. The summed E-state index contributed by atoms with van der Waals surface area (Å²) in [6.45, 7) is 0.251. The van der Waals surface area contributed by atoms with Crippen molar-refractivity contribution in [1.82, 2.24) is 18.9 Å². The number of halogens is 1. The average Bonchev–Trinajstić information content (AvgIpc) is 3.20. The lowest BCUT2D eigenvalue weighted by Crippen LogP contribution is -2.24. The van der Waals surface area contributed by atoms with Crippen molar-refractivity contribution in [3.8, 4) is 5.75 Å². The average molecular weight is 395 g/mol. The Bertz CT molecular complexity index is 1260. The summed E-state index contributed by atoms with van der Waals surface area (Å²) in [7, 11) is 1.53. The summed E-state index contributed by atoms with van der Waals surface area (Å²) in [5, 5.41) is 2.70. The summed E-state index contributed by atoms with van der Waals surface area (Å²) in [4.78, 5) is 33.2. The molecular formula is C20H18FN5O3. The van der Waals surface area contributed by atoms with E-state index in [9.17, 15) is 14.0 Å². The van der Waals surface area contributed by atoms with Crippen LogP contribution in [0.1, 0.15) is 12.8 Å². The summed E-state index contributed by atoms with van der Waals surface area (Å²) < 4.78 is 22.0. The minimum absolute atomic E-state index is 0.168. The van der Waals surface area contributed by atoms with Gasteiger partial charge >= 0.3 is 0 Å². The normalized spacial score (nSPS) is 11.1. The molecule has 0 radical (unpaired) electrons. The van der Waals surface area contributed by atoms with E-state index < -0.39 is 5.82 Å². The van der Waals surface area contributed by atoms with E-state index in [1.54, 1.807) is 28.8 Å². The van der Waals surface area contributed by atoms with Crippen LogP contribution in [-0.2, 0) is 11.3 Å². The van der Waals surface area contributed by atoms with E-state index in [1.807, 2.05) is 0 Å². The highest BCUT2D eigenvalue weighted by atomic mass is 19.1. The topological polar surface area (TPSA) is 90.5 Å². The Balaban J connectivity index is 1.53. The van der Waals surface area contributed by atoms with Gasteiger partial charge in [0, 0.05) is 37.6 Å². The molecular weight excluding hydrogens is 377 g/mol. The third-order valence-corrected chi connectivity index (χ3v) is 4.59. The van der Waals surface area contributed by atoms with E-state index in [-0.39, 0.29) is 30.1 Å². The van der Waals surface area contributed by atoms with Gasteiger partial charge in [0.05, 0.1) is 18.1 Å². The zero-order chi connectivity index (χ0) is 20.4. The SMILES string of the molecule is COc1ccnc(NC(=O)CCCn2c(=O)c3nccn3c3ccc(F)cc32)c1. The van der Waals surface area contributed by atoms with Crippen molar-refractivity contribution in [2.75, 3.05) is 12.4 Å². The maximum atomic E-state index is 13.8. The van der Waals surface area contributed by atoms with Crippen molar-refractivity contribution in [1.29, 1.82) is 0 Å². The van der Waals surface area contributed by atoms with E-state index in [0.717, 1.165) is 0 Å². The first-order chi connectivity index (χ1) is 14.1. The van der Waals surface area contributed by atoms with Gasteiger partial charge in [0.1, 0.15) is 17.4 Å². The van der Waals surface area contributed by atoms with Crippen LogP contribution in [0.2, 0.25) is 0 Å². The highest BCUT2D eigenvalue weighted by Crippen LogP contribution is 2.17. The molecule has 0 bridgehead atoms. The maximum absolute atomic E-state index is 13.8. The molecule has 4 rings (SSSR count). The van der Waals surface area contributed by atoms with Gasteiger partial charge < -0.3 is 14.6 Å². The number of imidazole rings is 1. The number of ether oxygens (including phenoxy) is 1. The number of rotatable bonds is 6. The fourth-order valence-corrected chi connectivity index (χ4v) is 3.23. The fraction of sp³-hybridized carbons (Fsp3) is 0.200. The third kappa shape index (κ3) is 3.66. The van der Waals surface area contributed by atoms with Crippen molar-refractivity contribution in [3.05, 3.63) is 65.1 Å². The minimum Gasteiger partial charge on any atom is -0.497 e. The number of hydrogen-bond donors (Lipinski definition) is 1. The minimum atomic E-state index is -0.438. The number of carbonyl (C=O) groups is 1. The van der Waals surface area contributed by atoms with Crippen molar-refractivity contribution in [3.63, 3.8) is 0 Å². The molecule has 148 valence electrons. The Morgan fingerprint density at radius 1 is 1.17 bits per heavy atom. The van der Waals surface area contributed by atoms with E-state index in [4.69, 9.17) is 4.74 Å². The Labute approximate surface area is 164 Å². The Morgan fingerprint density at radius 3 is 2.86 bits per heavy atom. The van der Waals surface area contributed by atoms with Crippen LogP contribution in [0.3, 0.4) is 0 Å². The van der Waals surface area contributed by atoms with Crippen molar-refractivity contribution in [2.24, 2.45) is 0 Å². The largest absolute Gasteiger partial charge is 0.497 e. The van der Waals surface area contributed by atoms with Gasteiger partial charge in [-0.25, -0.2) is 14.4 Å². The van der Waals surface area contributed by atoms with Gasteiger partial charge in [0.25, 0.3) is 5.56 Å². The lowest BCUT2D eigenvalue weighted by Gasteiger charge is -2.12. The van der Waals surface area contributed by atoms with Crippen molar-refractivity contribution in [2.45, 2.75) is 19.4 Å². The molecule has 1 amide bonds. The van der Waals surface area contributed by atoms with Crippen LogP contribution in [0.4, 0.5) is 10.2 Å². The Kier molecular flexibility index (Phi) is 4.94. The molecule has 0 fully saturated rings. The highest BCUT2D eigenvalue weighted by molar-refractivity contribution is 5.89. The molecule has 3 aromatic heterocycles. The van der Waals surface area contributed by atoms with Crippen LogP contribution in [0, 0.1) is 5.82 Å². The van der Waals surface area contributed by atoms with E-state index in [2.05, 4.69) is 15.3 Å². The third-order valence-electron chi connectivity index (χ3n) is 4.59. The first kappa shape index (κ1) is 18.6. The molecule has 4 aromatic rings. The number of methoxy groups -OCH3 is 1. The van der Waals surface area contributed by atoms with Crippen LogP contribution >= 0.6 is 0 Å². The number of aryl methyl sites for hydroxylation is 1. The molecule has 0 aliphatic heterocycles. The predicted molar refractivity (Wildman–Crippen MR) is 106 cm³/mol. The molecule has 0 unspecified atom stereocenters. The molecule has 0 saturated heterocycles. The zero-order valence-electron chi connectivity index (χ0n) is 15.6. The Morgan fingerprint density at radius 2 is 2.03 bits per heavy atom. The Hall–Kier alpha value is -3.75. The molecule has 1 aromatic carbocycles. The van der Waals surface area contributed by atoms with Gasteiger partial charge in [-0.15, -0.1) is 0 Å². The molecule has 3 heterocycles. The molecule has 0 saturated carbocycles. The van der Waals surface area contributed by atoms with Gasteiger partial charge in [-0.3, -0.25) is 14.0 Å². The number of anilines is 1. The fourth-order valence-electron chi connectivity index (χ4n) is 3.23. The number of nitrogens with zero attached hydrogens (tertiary/aromatic N) is 4. The van der Waals surface area contributed by atoms with Gasteiger partial charge in [0.15, 0.2) is 0 Å². The maximum Gasteiger partial charge on any atom is 0.294 e. The molecule has 0 spiro atoms. The second kappa shape index (κ2) is 7.70. The van der Waals surface area contributed by atoms with Gasteiger partial charge in [-0.2, -0.15) is 0 Å². The smallest absolute Gasteiger partial charge is 0.294 e. The number of hydrogen-bond acceptors (Lipinski definition) is 5. The summed E-state index contributed by atoms with van der Waals surface area (Å²) in [5.41, 5.74) is 1.05. The standard InChI is InChI=1S/C20H18FN5O3/c1-29-14-6-7-22-17(12-14)24-18(27)3-2-9-26-16-11-13(21)4-5-15(16)25-10-8-23-19(25)20(26)28/h4-8,10-12H,2-3,9H2,1H3,(H,22,24,27). The van der Waals surface area contributed by atoms with E-state index >= 15 is 0 Å². The van der Waals surface area contributed by atoms with E-state index in [0.29, 0.717) is 29.0 Å². The number of carbonyl (C=O) groups excluding carboxylic acids is 1. The van der Waals surface area contributed by atoms with Gasteiger partial charge in [-0.05, 0) is 30.7 Å². The molecule has 1 N–H and O–H groups in total. The van der Waals surface area contributed by atoms with Gasteiger partial charge in [0.2, 0.25) is 11.6 Å². The number of benzene rings is 1. The zero-order valence-corrected chi connectivity index (χ0v) is 15.6. The van der Waals surface area contributed by atoms with Crippen LogP contribution in [0.5, 0.6) is 5.75 Å².